The van der Waals surface area contributed by atoms with Gasteiger partial charge in [-0.3, -0.25) is 5.43 Å². The number of nitrogens with zero attached hydrogens (tertiary/aromatic N) is 2. The number of nitrogens with one attached hydrogen (secondary N) is 1. The largest absolute Gasteiger partial charge is 0.304 e. The molecule has 0 unspecified atom stereocenters. The van der Waals surface area contributed by atoms with Crippen LogP contribution in [0.3, 0.4) is 0 Å². The Morgan fingerprint density at radius 2 is 1.79 bits per heavy atom. The van der Waals surface area contributed by atoms with Crippen LogP contribution in [-0.4, -0.2) is 49.2 Å². The van der Waals surface area contributed by atoms with Crippen LogP contribution in [0.15, 0.2) is 0 Å². The van der Waals surface area contributed by atoms with Crippen molar-refractivity contribution in [2.24, 2.45) is 5.92 Å². The third kappa shape index (κ3) is 2.69. The Morgan fingerprint density at radius 1 is 1.07 bits per heavy atom. The highest BCUT2D eigenvalue weighted by Gasteiger charge is 2.23. The summed E-state index contributed by atoms with van der Waals surface area (Å²) < 4.78 is 0. The Hall–Kier alpha value is -0.120. The first-order valence-electron chi connectivity index (χ1n) is 5.93. The van der Waals surface area contributed by atoms with E-state index in [2.05, 4.69) is 29.3 Å². The second-order valence-electron chi connectivity index (χ2n) is 5.03. The summed E-state index contributed by atoms with van der Waals surface area (Å²) in [7, 11) is 2.20. The number of hydrogen-bond donors (Lipinski definition) is 1. The van der Waals surface area contributed by atoms with E-state index in [1.54, 1.807) is 0 Å². The zero-order valence-electron chi connectivity index (χ0n) is 9.50. The van der Waals surface area contributed by atoms with Crippen molar-refractivity contribution in [2.75, 3.05) is 33.2 Å². The van der Waals surface area contributed by atoms with Crippen molar-refractivity contribution in [3.63, 3.8) is 0 Å². The predicted molar refractivity (Wildman–Crippen MR) is 59.0 cm³/mol. The number of rotatable bonds is 2. The van der Waals surface area contributed by atoms with Crippen LogP contribution in [0.25, 0.3) is 0 Å². The summed E-state index contributed by atoms with van der Waals surface area (Å²) in [5, 5.41) is 2.42. The van der Waals surface area contributed by atoms with Crippen LogP contribution in [0.4, 0.5) is 0 Å². The van der Waals surface area contributed by atoms with Gasteiger partial charge < -0.3 is 4.90 Å². The molecule has 82 valence electrons. The molecule has 2 fully saturated rings. The molecule has 2 aliphatic rings. The molecule has 14 heavy (non-hydrogen) atoms. The number of likely N-dealkylation sites (N-methyl/N-ethyl adjacent to an activating group) is 1. The van der Waals surface area contributed by atoms with Gasteiger partial charge in [0.2, 0.25) is 0 Å². The topological polar surface area (TPSA) is 18.5 Å². The minimum absolute atomic E-state index is 0.758. The predicted octanol–water partition coefficient (Wildman–Crippen LogP) is 0.927. The lowest BCUT2D eigenvalue weighted by molar-refractivity contribution is 0.0871. The van der Waals surface area contributed by atoms with Gasteiger partial charge in [-0.1, -0.05) is 6.92 Å². The van der Waals surface area contributed by atoms with E-state index in [-0.39, 0.29) is 0 Å². The number of piperazine rings is 1. The van der Waals surface area contributed by atoms with Crippen molar-refractivity contribution < 1.29 is 0 Å². The minimum Gasteiger partial charge on any atom is -0.304 e. The molecule has 1 heterocycles. The Labute approximate surface area is 87.4 Å². The molecule has 0 bridgehead atoms. The average Bonchev–Trinajstić information content (AvgIpc) is 2.56. The van der Waals surface area contributed by atoms with Crippen molar-refractivity contribution in [1.82, 2.24) is 15.3 Å². The van der Waals surface area contributed by atoms with Gasteiger partial charge in [-0.25, -0.2) is 5.01 Å². The van der Waals surface area contributed by atoms with E-state index in [0.717, 1.165) is 12.0 Å². The monoisotopic (exact) mass is 197 g/mol. The van der Waals surface area contributed by atoms with Gasteiger partial charge in [0.15, 0.2) is 0 Å². The molecule has 0 spiro atoms. The fourth-order valence-corrected chi connectivity index (χ4v) is 2.52. The maximum absolute atomic E-state index is 3.68. The molecule has 3 heteroatoms. The standard InChI is InChI=1S/C11H23N3/c1-10-3-4-11(9-10)12-14-7-5-13(2)6-8-14/h10-12H,3-9H2,1-2H3/t10-,11-/m1/s1. The van der Waals surface area contributed by atoms with E-state index in [1.807, 2.05) is 0 Å². The molecule has 1 saturated heterocycles. The van der Waals surface area contributed by atoms with Crippen LogP contribution in [-0.2, 0) is 0 Å². The van der Waals surface area contributed by atoms with Crippen LogP contribution < -0.4 is 5.43 Å². The molecule has 1 aliphatic heterocycles. The van der Waals surface area contributed by atoms with Crippen LogP contribution in [0.2, 0.25) is 0 Å². The summed E-state index contributed by atoms with van der Waals surface area (Å²) in [6, 6.07) is 0.758. The van der Waals surface area contributed by atoms with Crippen molar-refractivity contribution in [1.29, 1.82) is 0 Å². The molecule has 0 radical (unpaired) electrons. The fraction of sp³-hybridized carbons (Fsp3) is 1.00. The van der Waals surface area contributed by atoms with E-state index in [1.165, 1.54) is 45.4 Å². The van der Waals surface area contributed by atoms with E-state index in [9.17, 15) is 0 Å². The van der Waals surface area contributed by atoms with Crippen molar-refractivity contribution in [2.45, 2.75) is 32.2 Å². The van der Waals surface area contributed by atoms with Crippen LogP contribution >= 0.6 is 0 Å². The first-order valence-corrected chi connectivity index (χ1v) is 5.93. The quantitative estimate of drug-likeness (QED) is 0.710. The Balaban J connectivity index is 1.70. The minimum atomic E-state index is 0.758. The zero-order valence-corrected chi connectivity index (χ0v) is 9.50. The third-order valence-electron chi connectivity index (χ3n) is 3.56. The van der Waals surface area contributed by atoms with Gasteiger partial charge in [-0.05, 0) is 32.2 Å². The number of hydrogen-bond acceptors (Lipinski definition) is 3. The molecular formula is C11H23N3. The van der Waals surface area contributed by atoms with E-state index < -0.39 is 0 Å². The molecule has 0 aromatic carbocycles. The lowest BCUT2D eigenvalue weighted by Gasteiger charge is -2.34. The Kier molecular flexibility index (Phi) is 3.42. The molecule has 0 aromatic heterocycles. The second-order valence-corrected chi connectivity index (χ2v) is 5.03. The zero-order chi connectivity index (χ0) is 9.97. The number of hydrazine groups is 1. The molecule has 0 amide bonds. The molecule has 1 N–H and O–H groups in total. The highest BCUT2D eigenvalue weighted by molar-refractivity contribution is 4.78. The fourth-order valence-electron chi connectivity index (χ4n) is 2.52. The van der Waals surface area contributed by atoms with Crippen molar-refractivity contribution >= 4 is 0 Å². The molecule has 2 atom stereocenters. The Bertz CT molecular complexity index is 175. The smallest absolute Gasteiger partial charge is 0.0259 e. The van der Waals surface area contributed by atoms with Crippen LogP contribution in [0.1, 0.15) is 26.2 Å². The maximum atomic E-state index is 3.68. The van der Waals surface area contributed by atoms with Crippen molar-refractivity contribution in [3.05, 3.63) is 0 Å². The summed E-state index contributed by atoms with van der Waals surface area (Å²) in [6.07, 6.45) is 4.14. The summed E-state index contributed by atoms with van der Waals surface area (Å²) in [4.78, 5) is 2.40. The van der Waals surface area contributed by atoms with Gasteiger partial charge >= 0.3 is 0 Å². The lowest BCUT2D eigenvalue weighted by Crippen LogP contribution is -2.53. The Morgan fingerprint density at radius 3 is 2.36 bits per heavy atom. The van der Waals surface area contributed by atoms with Gasteiger partial charge in [0.25, 0.3) is 0 Å². The van der Waals surface area contributed by atoms with Crippen molar-refractivity contribution in [3.8, 4) is 0 Å². The van der Waals surface area contributed by atoms with Gasteiger partial charge in [0.1, 0.15) is 0 Å². The normalized spacial score (nSPS) is 36.4. The van der Waals surface area contributed by atoms with Crippen LogP contribution in [0.5, 0.6) is 0 Å². The maximum Gasteiger partial charge on any atom is 0.0259 e. The third-order valence-corrected chi connectivity index (χ3v) is 3.56. The van der Waals surface area contributed by atoms with Gasteiger partial charge in [0.05, 0.1) is 0 Å². The summed E-state index contributed by atoms with van der Waals surface area (Å²) >= 11 is 0. The van der Waals surface area contributed by atoms with Gasteiger partial charge in [-0.2, -0.15) is 0 Å². The van der Waals surface area contributed by atoms with E-state index in [0.29, 0.717) is 0 Å². The first kappa shape index (κ1) is 10.4. The van der Waals surface area contributed by atoms with Crippen LogP contribution in [0, 0.1) is 5.92 Å². The SMILES string of the molecule is C[C@@H]1CC[C@@H](NN2CCN(C)CC2)C1. The second kappa shape index (κ2) is 4.60. The molecule has 1 aliphatic carbocycles. The van der Waals surface area contributed by atoms with E-state index >= 15 is 0 Å². The average molecular weight is 197 g/mol. The molecular weight excluding hydrogens is 174 g/mol. The lowest BCUT2D eigenvalue weighted by atomic mass is 10.1. The summed E-state index contributed by atoms with van der Waals surface area (Å²) in [5.74, 6) is 0.931. The van der Waals surface area contributed by atoms with E-state index in [4.69, 9.17) is 0 Å². The molecule has 1 saturated carbocycles. The molecule has 2 rings (SSSR count). The highest BCUT2D eigenvalue weighted by Crippen LogP contribution is 2.24. The molecule has 3 nitrogen and oxygen atoms in total. The van der Waals surface area contributed by atoms with Gasteiger partial charge in [0, 0.05) is 32.2 Å². The summed E-state index contributed by atoms with van der Waals surface area (Å²) in [5.41, 5.74) is 3.68. The summed E-state index contributed by atoms with van der Waals surface area (Å²) in [6.45, 7) is 7.14. The first-order chi connectivity index (χ1) is 6.74. The molecule has 0 aromatic rings. The van der Waals surface area contributed by atoms with Gasteiger partial charge in [-0.15, -0.1) is 0 Å². The highest BCUT2D eigenvalue weighted by atomic mass is 15.5.